The molecule has 0 saturated carbocycles. The minimum Gasteiger partial charge on any atom is -0.309 e. The lowest BCUT2D eigenvalue weighted by Crippen LogP contribution is -2.15. The first-order valence-electron chi connectivity index (χ1n) is 33.6. The third kappa shape index (κ3) is 8.36. The van der Waals surface area contributed by atoms with E-state index in [1.807, 2.05) is 0 Å². The van der Waals surface area contributed by atoms with Crippen molar-refractivity contribution < 1.29 is 0 Å². The molecule has 14 aromatic carbocycles. The Bertz CT molecular complexity index is 6060. The Balaban J connectivity index is 0.558. The van der Waals surface area contributed by atoms with E-state index in [1.165, 1.54) is 188 Å². The van der Waals surface area contributed by atoms with E-state index in [4.69, 9.17) is 0 Å². The van der Waals surface area contributed by atoms with Crippen LogP contribution in [0.25, 0.3) is 156 Å². The monoisotopic (exact) mass is 1210 g/mol. The van der Waals surface area contributed by atoms with Crippen molar-refractivity contribution in [2.45, 2.75) is 57.8 Å². The molecule has 0 spiro atoms. The van der Waals surface area contributed by atoms with Crippen molar-refractivity contribution in [3.05, 3.63) is 335 Å². The Morgan fingerprint density at radius 1 is 0.232 bits per heavy atom. The molecular weight excluding hydrogens is 1150 g/mol. The van der Waals surface area contributed by atoms with Crippen LogP contribution in [0, 0.1) is 0 Å². The first-order chi connectivity index (χ1) is 46.3. The molecule has 0 bridgehead atoms. The van der Waals surface area contributed by atoms with Crippen LogP contribution >= 0.6 is 0 Å². The Morgan fingerprint density at radius 2 is 0.579 bits per heavy atom. The Hall–Kier alpha value is -11.3. The van der Waals surface area contributed by atoms with Gasteiger partial charge in [-0.3, -0.25) is 0 Å². The molecule has 95 heavy (non-hydrogen) atoms. The molecule has 3 aliphatic rings. The Labute approximate surface area is 554 Å². The summed E-state index contributed by atoms with van der Waals surface area (Å²) in [5.74, 6) is 0. The molecule has 0 N–H and O–H groups in total. The van der Waals surface area contributed by atoms with Gasteiger partial charge in [0.2, 0.25) is 0 Å². The van der Waals surface area contributed by atoms with E-state index in [2.05, 4.69) is 354 Å². The Morgan fingerprint density at radius 3 is 1.06 bits per heavy atom. The summed E-state index contributed by atoms with van der Waals surface area (Å²) >= 11 is 0. The van der Waals surface area contributed by atoms with Gasteiger partial charge >= 0.3 is 0 Å². The first-order valence-corrected chi connectivity index (χ1v) is 33.6. The lowest BCUT2D eigenvalue weighted by atomic mass is 9.81. The van der Waals surface area contributed by atoms with Crippen molar-refractivity contribution in [1.82, 2.24) is 9.13 Å². The van der Waals surface area contributed by atoms with Crippen molar-refractivity contribution in [2.24, 2.45) is 0 Å². The fourth-order valence-electron chi connectivity index (χ4n) is 17.0. The summed E-state index contributed by atoms with van der Waals surface area (Å²) in [5, 5.41) is 10.1. The molecule has 0 saturated heterocycles. The molecule has 3 aliphatic carbocycles. The lowest BCUT2D eigenvalue weighted by molar-refractivity contribution is 0.660. The number of aromatic nitrogens is 2. The van der Waals surface area contributed by atoms with Gasteiger partial charge in [-0.1, -0.05) is 278 Å². The van der Waals surface area contributed by atoms with Gasteiger partial charge in [0.25, 0.3) is 0 Å². The van der Waals surface area contributed by atoms with Crippen LogP contribution in [0.2, 0.25) is 0 Å². The van der Waals surface area contributed by atoms with Crippen molar-refractivity contribution in [3.8, 4) is 67.0 Å². The van der Waals surface area contributed by atoms with Gasteiger partial charge in [-0.05, 0) is 194 Å². The van der Waals surface area contributed by atoms with E-state index in [0.29, 0.717) is 0 Å². The molecule has 16 aromatic rings. The maximum absolute atomic E-state index is 2.46. The van der Waals surface area contributed by atoms with Gasteiger partial charge in [-0.25, -0.2) is 0 Å². The molecule has 2 aromatic heterocycles. The molecular formula is C93H68N2. The van der Waals surface area contributed by atoms with Gasteiger partial charge in [-0.15, -0.1) is 0 Å². The summed E-state index contributed by atoms with van der Waals surface area (Å²) in [5.41, 5.74) is 32.8. The molecule has 2 nitrogen and oxygen atoms in total. The van der Waals surface area contributed by atoms with E-state index in [0.717, 1.165) is 0 Å². The van der Waals surface area contributed by atoms with Crippen molar-refractivity contribution in [3.63, 3.8) is 0 Å². The summed E-state index contributed by atoms with van der Waals surface area (Å²) in [6.07, 6.45) is 9.22. The quantitative estimate of drug-likeness (QED) is 0.134. The summed E-state index contributed by atoms with van der Waals surface area (Å²) in [6, 6.07) is 105. The molecule has 2 heteroatoms. The highest BCUT2D eigenvalue weighted by Gasteiger charge is 2.39. The van der Waals surface area contributed by atoms with Crippen LogP contribution in [0.1, 0.15) is 97.2 Å². The van der Waals surface area contributed by atoms with Crippen molar-refractivity contribution in [1.29, 1.82) is 0 Å². The van der Waals surface area contributed by atoms with E-state index in [9.17, 15) is 0 Å². The molecule has 19 rings (SSSR count). The summed E-state index contributed by atoms with van der Waals surface area (Å²) < 4.78 is 4.87. The predicted octanol–water partition coefficient (Wildman–Crippen LogP) is 24.8. The number of nitrogens with zero attached hydrogens (tertiary/aromatic N) is 2. The van der Waals surface area contributed by atoms with Gasteiger partial charge in [0.15, 0.2) is 0 Å². The average Bonchev–Trinajstić information content (AvgIpc) is 1.60. The molecule has 2 heterocycles. The van der Waals surface area contributed by atoms with Crippen LogP contribution in [-0.4, -0.2) is 9.13 Å². The summed E-state index contributed by atoms with van der Waals surface area (Å²) in [7, 11) is 0. The van der Waals surface area contributed by atoms with Crippen LogP contribution in [-0.2, 0) is 16.2 Å². The lowest BCUT2D eigenvalue weighted by Gasteiger charge is -2.22. The number of rotatable bonds is 8. The van der Waals surface area contributed by atoms with E-state index < -0.39 is 0 Å². The SMILES string of the molecule is CC1(C)c2cc(C=Cc3ccc4c(c3)C(C)(C)c3cc(-c5ccc6c(c5)c5ccccc5n6-c5ccc6ccccc6c5)ccc3-4)ccc2-c2ccc(C=Cc3ccc4c(c3)C(C)(C)c3cc(-c5ccc6c(c5)c5ccccc5n6-c5cccc6ccccc56)ccc3-4)cc21. The molecule has 0 atom stereocenters. The van der Waals surface area contributed by atoms with Gasteiger partial charge < -0.3 is 9.13 Å². The second kappa shape index (κ2) is 20.3. The number of fused-ring (bicyclic) bond motifs is 17. The zero-order chi connectivity index (χ0) is 63.6. The minimum absolute atomic E-state index is 0.159. The first kappa shape index (κ1) is 55.3. The molecule has 0 unspecified atom stereocenters. The van der Waals surface area contributed by atoms with Crippen LogP contribution in [0.3, 0.4) is 0 Å². The van der Waals surface area contributed by atoms with Gasteiger partial charge in [0.05, 0.1) is 27.8 Å². The number of hydrogen-bond acceptors (Lipinski definition) is 0. The standard InChI is InChI=1S/C93H68N2/c1-91(2)80-48-57(26-28-59-32-42-72-74-44-35-66(55-84(74)92(3,4)82(72)50-59)64-37-46-89-78(53-64)76-21-11-13-23-87(76)94(89)68-39-34-61-16-7-8-18-63(61)52-68)30-40-70(80)71-41-31-58(49-81(71)91)27-29-60-33-43-73-75-45-36-67(56-85(75)93(5,6)83(73)51-60)65-38-47-90-79(54-65)77-22-12-14-24-88(77)95(90)86-25-15-19-62-17-9-10-20-69(62)86/h7-56H,1-6H3. The third-order valence-corrected chi connectivity index (χ3v) is 22.1. The fraction of sp³-hybridized carbons (Fsp3) is 0.0968. The highest BCUT2D eigenvalue weighted by molar-refractivity contribution is 6.13. The second-order valence-electron chi connectivity index (χ2n) is 28.5. The zero-order valence-electron chi connectivity index (χ0n) is 54.3. The van der Waals surface area contributed by atoms with Crippen LogP contribution in [0.4, 0.5) is 0 Å². The highest BCUT2D eigenvalue weighted by Crippen LogP contribution is 2.54. The number of para-hydroxylation sites is 2. The van der Waals surface area contributed by atoms with Crippen LogP contribution in [0.15, 0.2) is 279 Å². The van der Waals surface area contributed by atoms with E-state index >= 15 is 0 Å². The predicted molar refractivity (Wildman–Crippen MR) is 404 cm³/mol. The summed E-state index contributed by atoms with van der Waals surface area (Å²) in [6.45, 7) is 14.4. The van der Waals surface area contributed by atoms with Gasteiger partial charge in [-0.2, -0.15) is 0 Å². The maximum Gasteiger partial charge on any atom is 0.0541 e. The van der Waals surface area contributed by atoms with Crippen molar-refractivity contribution in [2.75, 3.05) is 0 Å². The summed E-state index contributed by atoms with van der Waals surface area (Å²) in [4.78, 5) is 0. The zero-order valence-corrected chi connectivity index (χ0v) is 54.3. The van der Waals surface area contributed by atoms with Gasteiger partial charge in [0, 0.05) is 48.9 Å². The molecule has 0 aliphatic heterocycles. The largest absolute Gasteiger partial charge is 0.309 e. The minimum atomic E-state index is -0.170. The second-order valence-corrected chi connectivity index (χ2v) is 28.5. The molecule has 0 amide bonds. The van der Waals surface area contributed by atoms with E-state index in [-0.39, 0.29) is 16.2 Å². The third-order valence-electron chi connectivity index (χ3n) is 22.1. The fourth-order valence-corrected chi connectivity index (χ4v) is 17.0. The molecule has 0 radical (unpaired) electrons. The number of hydrogen-bond donors (Lipinski definition) is 0. The van der Waals surface area contributed by atoms with Crippen molar-refractivity contribution >= 4 is 89.5 Å². The average molecular weight is 1210 g/mol. The maximum atomic E-state index is 2.46. The molecule has 450 valence electrons. The van der Waals surface area contributed by atoms with E-state index in [1.54, 1.807) is 0 Å². The topological polar surface area (TPSA) is 9.86 Å². The normalized spacial score (nSPS) is 14.6. The number of benzene rings is 14. The Kier molecular flexibility index (Phi) is 11.8. The van der Waals surface area contributed by atoms with Crippen LogP contribution in [0.5, 0.6) is 0 Å². The van der Waals surface area contributed by atoms with Gasteiger partial charge in [0.1, 0.15) is 0 Å². The van der Waals surface area contributed by atoms with Crippen LogP contribution < -0.4 is 0 Å². The molecule has 0 fully saturated rings. The smallest absolute Gasteiger partial charge is 0.0541 e. The highest BCUT2D eigenvalue weighted by atomic mass is 15.0.